The number of nitrogens with one attached hydrogen (secondary N) is 1. The number of ether oxygens (including phenoxy) is 5. The second kappa shape index (κ2) is 41.2. The number of amides is 3. The number of carbonyl (C=O) groups is 8. The number of methoxy groups -OCH3 is 2. The lowest BCUT2D eigenvalue weighted by molar-refractivity contribution is -0.163. The fourth-order valence-electron chi connectivity index (χ4n) is 15.1. The van der Waals surface area contributed by atoms with Crippen LogP contribution in [0.3, 0.4) is 0 Å². The second-order valence-corrected chi connectivity index (χ2v) is 28.6. The summed E-state index contributed by atoms with van der Waals surface area (Å²) in [5.74, 6) is -2.05. The van der Waals surface area contributed by atoms with Crippen LogP contribution in [0.15, 0.2) is 54.8 Å². The number of hydrogen-bond acceptors (Lipinski definition) is 20. The lowest BCUT2D eigenvalue weighted by Crippen LogP contribution is -2.70. The first kappa shape index (κ1) is 81.9. The van der Waals surface area contributed by atoms with Crippen LogP contribution in [0, 0.1) is 23.7 Å². The Balaban J connectivity index is 0.730. The molecule has 4 aliphatic carbocycles. The van der Waals surface area contributed by atoms with Crippen LogP contribution in [-0.2, 0) is 43.0 Å². The highest BCUT2D eigenvalue weighted by atomic mass is 16.5. The van der Waals surface area contributed by atoms with Gasteiger partial charge in [-0.2, -0.15) is 5.10 Å². The summed E-state index contributed by atoms with van der Waals surface area (Å²) in [6.45, 7) is 16.3. The van der Waals surface area contributed by atoms with Crippen molar-refractivity contribution in [2.75, 3.05) is 180 Å². The molecule has 5 aliphatic rings. The van der Waals surface area contributed by atoms with Gasteiger partial charge in [-0.25, -0.2) is 9.48 Å². The van der Waals surface area contributed by atoms with E-state index >= 15 is 0 Å². The molecule has 0 atom stereocenters. The fourth-order valence-corrected chi connectivity index (χ4v) is 15.1. The van der Waals surface area contributed by atoms with Crippen molar-refractivity contribution in [1.82, 2.24) is 49.4 Å². The highest BCUT2D eigenvalue weighted by Crippen LogP contribution is 2.58. The Morgan fingerprint density at radius 3 is 1.56 bits per heavy atom. The van der Waals surface area contributed by atoms with Crippen LogP contribution in [0.5, 0.6) is 11.5 Å². The summed E-state index contributed by atoms with van der Waals surface area (Å²) >= 11 is 0. The molecule has 566 valence electrons. The summed E-state index contributed by atoms with van der Waals surface area (Å²) in [7, 11) is 8.68. The molecule has 0 unspecified atom stereocenters. The molecule has 4 saturated carbocycles. The number of hydrogen-bond donors (Lipinski definition) is 5. The van der Waals surface area contributed by atoms with E-state index < -0.39 is 29.4 Å². The summed E-state index contributed by atoms with van der Waals surface area (Å²) in [5, 5.41) is 47.8. The van der Waals surface area contributed by atoms with Crippen LogP contribution in [0.1, 0.15) is 142 Å². The van der Waals surface area contributed by atoms with E-state index in [1.165, 1.54) is 0 Å². The number of benzene rings is 2. The maximum Gasteiger partial charge on any atom is 0.330 e. The highest BCUT2D eigenvalue weighted by Gasteiger charge is 2.62. The third-order valence-electron chi connectivity index (χ3n) is 20.5. The smallest absolute Gasteiger partial charge is 0.330 e. The number of carbonyl (C=O) groups excluding carboxylic acids is 5. The van der Waals surface area contributed by atoms with Gasteiger partial charge in [0, 0.05) is 124 Å². The maximum atomic E-state index is 14.5. The van der Waals surface area contributed by atoms with E-state index in [1.54, 1.807) is 76.9 Å². The molecule has 1 aliphatic heterocycles. The van der Waals surface area contributed by atoms with Gasteiger partial charge < -0.3 is 64.1 Å². The van der Waals surface area contributed by atoms with E-state index in [9.17, 15) is 58.8 Å². The van der Waals surface area contributed by atoms with Crippen LogP contribution in [0.25, 0.3) is 16.9 Å². The van der Waals surface area contributed by atoms with Gasteiger partial charge in [-0.3, -0.25) is 53.2 Å². The zero-order chi connectivity index (χ0) is 73.9. The Morgan fingerprint density at radius 1 is 0.578 bits per heavy atom. The predicted octanol–water partition coefficient (Wildman–Crippen LogP) is 6.70. The van der Waals surface area contributed by atoms with Gasteiger partial charge in [0.25, 0.3) is 11.8 Å². The standard InChI is InChI=1S/C75H114N10O17/c1-53(2)62-47-57(20-22-64(62)85-65(71-66(98-7)18-13-19-67(71)99-8)48-63(77-85)72(94)76-75(74(96)97)58-43-55-42-56(45-58)46-59(75)44-55)73(95)80(6)27-15-25-78(4)24-14-26-79(5)68(89)23-21-60(87)16-9-11-36-100-38-40-102-41-39-101-37-12-10-17-61(88)50-82-30-28-81(49-54(3)86)29-32-83(51-69(90)91)34-35-84(33-31-82)52-70(92)93/h13,18-20,22,47-48,53,55-56,58-59,86H,3,9-12,14-17,21,23-46,49-52H2,1-2,4-8H3,(H,76,94)(H,90,91)(H,92,93)(H,96,97). The Hall–Kier alpha value is -7.37. The van der Waals surface area contributed by atoms with Crippen LogP contribution in [0.4, 0.5) is 0 Å². The van der Waals surface area contributed by atoms with Crippen molar-refractivity contribution < 1.29 is 82.5 Å². The quantitative estimate of drug-likeness (QED) is 0.0290. The van der Waals surface area contributed by atoms with Gasteiger partial charge in [0.1, 0.15) is 28.6 Å². The van der Waals surface area contributed by atoms with Gasteiger partial charge in [0.15, 0.2) is 5.69 Å². The predicted molar refractivity (Wildman–Crippen MR) is 385 cm³/mol. The number of aliphatic carboxylic acids is 3. The summed E-state index contributed by atoms with van der Waals surface area (Å²) < 4.78 is 30.4. The van der Waals surface area contributed by atoms with Gasteiger partial charge in [0.2, 0.25) is 5.91 Å². The zero-order valence-corrected chi connectivity index (χ0v) is 61.4. The van der Waals surface area contributed by atoms with Crippen molar-refractivity contribution in [1.29, 1.82) is 0 Å². The minimum atomic E-state index is -1.37. The lowest BCUT2D eigenvalue weighted by atomic mass is 9.48. The molecule has 1 aromatic heterocycles. The molecule has 3 amide bonds. The number of aliphatic hydroxyl groups excluding tert-OH is 1. The molecule has 1 saturated heterocycles. The molecule has 5 N–H and O–H groups in total. The molecule has 3 aromatic rings. The number of aliphatic hydroxyl groups is 1. The normalized spacial score (nSPS) is 19.9. The van der Waals surface area contributed by atoms with E-state index in [1.807, 2.05) is 48.9 Å². The van der Waals surface area contributed by atoms with Crippen molar-refractivity contribution in [3.8, 4) is 28.4 Å². The molecule has 27 nitrogen and oxygen atoms in total. The van der Waals surface area contributed by atoms with Crippen molar-refractivity contribution in [3.05, 3.63) is 71.6 Å². The van der Waals surface area contributed by atoms with E-state index in [2.05, 4.69) is 16.8 Å². The first-order chi connectivity index (χ1) is 48.9. The molecule has 0 radical (unpaired) electrons. The molecular weight excluding hydrogens is 1310 g/mol. The Bertz CT molecular complexity index is 3190. The van der Waals surface area contributed by atoms with Gasteiger partial charge in [-0.05, 0) is 162 Å². The average molecular weight is 1430 g/mol. The molecule has 2 heterocycles. The number of Topliss-reactive ketones (excluding diaryl/α,β-unsaturated/α-hetero) is 2. The third kappa shape index (κ3) is 24.6. The molecule has 2 aromatic carbocycles. The topological polar surface area (TPSA) is 316 Å². The molecular formula is C75H114N10O17. The van der Waals surface area contributed by atoms with E-state index in [-0.39, 0.29) is 91.6 Å². The summed E-state index contributed by atoms with van der Waals surface area (Å²) in [6.07, 6.45) is 9.58. The summed E-state index contributed by atoms with van der Waals surface area (Å²) in [6, 6.07) is 12.6. The van der Waals surface area contributed by atoms with E-state index in [0.29, 0.717) is 196 Å². The van der Waals surface area contributed by atoms with Crippen molar-refractivity contribution in [3.63, 3.8) is 0 Å². The number of aromatic nitrogens is 2. The lowest BCUT2D eigenvalue weighted by Gasteiger charge is -2.59. The van der Waals surface area contributed by atoms with E-state index in [0.717, 1.165) is 57.2 Å². The number of unbranched alkanes of at least 4 members (excludes halogenated alkanes) is 2. The molecule has 0 spiro atoms. The molecule has 5 fully saturated rings. The molecule has 102 heavy (non-hydrogen) atoms. The number of rotatable bonds is 44. The zero-order valence-electron chi connectivity index (χ0n) is 61.4. The van der Waals surface area contributed by atoms with Crippen molar-refractivity contribution in [2.24, 2.45) is 23.7 Å². The number of carboxylic acid groups (broad SMARTS) is 3. The summed E-state index contributed by atoms with van der Waals surface area (Å²) in [4.78, 5) is 117. The number of carboxylic acids is 3. The monoisotopic (exact) mass is 1430 g/mol. The first-order valence-corrected chi connectivity index (χ1v) is 36.5. The van der Waals surface area contributed by atoms with Crippen LogP contribution < -0.4 is 14.8 Å². The second-order valence-electron chi connectivity index (χ2n) is 28.6. The van der Waals surface area contributed by atoms with Crippen LogP contribution in [0.2, 0.25) is 0 Å². The van der Waals surface area contributed by atoms with Gasteiger partial charge in [0.05, 0.1) is 89.5 Å². The van der Waals surface area contributed by atoms with Crippen LogP contribution in [-0.4, -0.2) is 297 Å². The van der Waals surface area contributed by atoms with Crippen LogP contribution >= 0.6 is 0 Å². The Labute approximate surface area is 601 Å². The Kier molecular flexibility index (Phi) is 33.1. The fraction of sp³-hybridized carbons (Fsp3) is 0.667. The van der Waals surface area contributed by atoms with Gasteiger partial charge in [-0.15, -0.1) is 0 Å². The van der Waals surface area contributed by atoms with Crippen molar-refractivity contribution >= 4 is 47.2 Å². The van der Waals surface area contributed by atoms with Gasteiger partial charge >= 0.3 is 17.9 Å². The molecule has 27 heteroatoms. The number of nitrogens with zero attached hydrogens (tertiary/aromatic N) is 9. The van der Waals surface area contributed by atoms with Gasteiger partial charge in [-0.1, -0.05) is 26.5 Å². The Morgan fingerprint density at radius 2 is 1.07 bits per heavy atom. The van der Waals surface area contributed by atoms with Crippen molar-refractivity contribution in [2.45, 2.75) is 122 Å². The van der Waals surface area contributed by atoms with E-state index in [4.69, 9.17) is 28.8 Å². The minimum Gasteiger partial charge on any atom is -0.512 e. The molecule has 4 bridgehead atoms. The largest absolute Gasteiger partial charge is 0.512 e. The SMILES string of the molecule is C=C(O)CN1CCN(CC(=O)O)CCN(CC(=O)O)CCN(CC(=O)CCCCOCCOCCOCCCCC(=O)CCC(=O)N(C)CCCN(C)CCCN(C)C(=O)c2ccc(-n3nc(C(=O)NC4(C(=O)O)C5CC6CC(C5)CC4C6)cc3-c3c(OC)cccc3OC)c(C(C)C)c2)CC1. The number of ketones is 2. The third-order valence-corrected chi connectivity index (χ3v) is 20.5. The summed E-state index contributed by atoms with van der Waals surface area (Å²) in [5.41, 5.74) is 1.67. The highest BCUT2D eigenvalue weighted by molar-refractivity contribution is 5.99. The molecule has 8 rings (SSSR count). The maximum absolute atomic E-state index is 14.5. The minimum absolute atomic E-state index is 0.00811. The average Bonchev–Trinajstić information content (AvgIpc) is 0.827. The first-order valence-electron chi connectivity index (χ1n) is 36.5.